The number of hydrogen-bond donors (Lipinski definition) is 0. The second-order valence-corrected chi connectivity index (χ2v) is 4.17. The molecule has 0 aromatic rings. The monoisotopic (exact) mass is 154 g/mol. The highest BCUT2D eigenvalue weighted by molar-refractivity contribution is 4.84. The van der Waals surface area contributed by atoms with Crippen LogP contribution in [0, 0.1) is 10.3 Å². The molecule has 2 rings (SSSR count). The SMILES string of the molecule is O=[N+]1CCC2(CCCCC2)C1. The van der Waals surface area contributed by atoms with Crippen molar-refractivity contribution >= 4 is 0 Å². The second-order valence-electron chi connectivity index (χ2n) is 4.17. The van der Waals surface area contributed by atoms with Gasteiger partial charge in [-0.3, -0.25) is 0 Å². The van der Waals surface area contributed by atoms with Gasteiger partial charge in [0.15, 0.2) is 13.1 Å². The Hall–Kier alpha value is -0.400. The Kier molecular flexibility index (Phi) is 1.70. The molecule has 2 heteroatoms. The van der Waals surface area contributed by atoms with Crippen molar-refractivity contribution in [2.24, 2.45) is 5.41 Å². The average molecular weight is 154 g/mol. The van der Waals surface area contributed by atoms with Crippen molar-refractivity contribution in [2.75, 3.05) is 13.1 Å². The van der Waals surface area contributed by atoms with Crippen molar-refractivity contribution in [3.8, 4) is 0 Å². The maximum atomic E-state index is 11.0. The number of hydrogen-bond acceptors (Lipinski definition) is 1. The number of nitrogens with zero attached hydrogens (tertiary/aromatic N) is 1. The maximum Gasteiger partial charge on any atom is 0.197 e. The summed E-state index contributed by atoms with van der Waals surface area (Å²) in [5.74, 6) is 0. The van der Waals surface area contributed by atoms with Gasteiger partial charge in [-0.05, 0) is 17.6 Å². The lowest BCUT2D eigenvalue weighted by molar-refractivity contribution is -0.534. The Morgan fingerprint density at radius 2 is 1.73 bits per heavy atom. The summed E-state index contributed by atoms with van der Waals surface area (Å²) in [6.45, 7) is 1.62. The van der Waals surface area contributed by atoms with Crippen LogP contribution in [0.5, 0.6) is 0 Å². The largest absolute Gasteiger partial charge is 0.197 e. The first kappa shape index (κ1) is 7.26. The zero-order chi connectivity index (χ0) is 7.73. The van der Waals surface area contributed by atoms with Crippen LogP contribution in [0.1, 0.15) is 38.5 Å². The van der Waals surface area contributed by atoms with Crippen molar-refractivity contribution in [3.05, 3.63) is 4.91 Å². The van der Waals surface area contributed by atoms with E-state index in [9.17, 15) is 4.91 Å². The third-order valence-corrected chi connectivity index (χ3v) is 3.32. The molecule has 0 amide bonds. The maximum absolute atomic E-state index is 11.0. The molecule has 0 bridgehead atoms. The smallest absolute Gasteiger partial charge is 0.0533 e. The predicted octanol–water partition coefficient (Wildman–Crippen LogP) is 2.12. The van der Waals surface area contributed by atoms with Gasteiger partial charge in [0.05, 0.1) is 0 Å². The van der Waals surface area contributed by atoms with Gasteiger partial charge < -0.3 is 0 Å². The van der Waals surface area contributed by atoms with E-state index in [4.69, 9.17) is 0 Å². The molecule has 0 atom stereocenters. The fraction of sp³-hybridized carbons (Fsp3) is 1.00. The molecule has 1 saturated heterocycles. The molecule has 62 valence electrons. The molecule has 0 N–H and O–H groups in total. The highest BCUT2D eigenvalue weighted by Crippen LogP contribution is 2.42. The van der Waals surface area contributed by atoms with E-state index in [0.717, 1.165) is 19.5 Å². The summed E-state index contributed by atoms with van der Waals surface area (Å²) in [5, 5.41) is 0. The first-order chi connectivity index (χ1) is 5.31. The molecule has 11 heavy (non-hydrogen) atoms. The fourth-order valence-electron chi connectivity index (χ4n) is 2.60. The molecule has 0 radical (unpaired) electrons. The molecular weight excluding hydrogens is 138 g/mol. The van der Waals surface area contributed by atoms with E-state index in [2.05, 4.69) is 0 Å². The van der Waals surface area contributed by atoms with E-state index in [-0.39, 0.29) is 0 Å². The van der Waals surface area contributed by atoms with Gasteiger partial charge in [-0.2, -0.15) is 0 Å². The van der Waals surface area contributed by atoms with E-state index in [1.54, 1.807) is 0 Å². The zero-order valence-corrected chi connectivity index (χ0v) is 7.01. The molecule has 0 aromatic heterocycles. The lowest BCUT2D eigenvalue weighted by Gasteiger charge is -2.27. The topological polar surface area (TPSA) is 20.1 Å². The Bertz CT molecular complexity index is 170. The normalized spacial score (nSPS) is 29.6. The van der Waals surface area contributed by atoms with Crippen molar-refractivity contribution in [3.63, 3.8) is 0 Å². The van der Waals surface area contributed by atoms with Gasteiger partial charge in [0.2, 0.25) is 0 Å². The molecule has 2 nitrogen and oxygen atoms in total. The van der Waals surface area contributed by atoms with Gasteiger partial charge in [0.1, 0.15) is 0 Å². The number of rotatable bonds is 0. The van der Waals surface area contributed by atoms with Crippen molar-refractivity contribution in [1.82, 2.24) is 0 Å². The minimum absolute atomic E-state index is 0.458. The van der Waals surface area contributed by atoms with Gasteiger partial charge in [-0.15, -0.1) is 0 Å². The molecular formula is C9H16NO+. The van der Waals surface area contributed by atoms with Gasteiger partial charge >= 0.3 is 0 Å². The van der Waals surface area contributed by atoms with Crippen LogP contribution in [0.15, 0.2) is 0 Å². The van der Waals surface area contributed by atoms with Gasteiger partial charge in [0, 0.05) is 16.7 Å². The van der Waals surface area contributed by atoms with Crippen LogP contribution in [0.2, 0.25) is 0 Å². The van der Waals surface area contributed by atoms with Crippen LogP contribution in [-0.2, 0) is 0 Å². The van der Waals surface area contributed by atoms with Crippen LogP contribution in [-0.4, -0.2) is 17.8 Å². The standard InChI is InChI=1S/C9H16NO/c11-10-7-6-9(8-10)4-2-1-3-5-9/h1-8H2/q+1. The minimum atomic E-state index is 0.458. The van der Waals surface area contributed by atoms with Gasteiger partial charge in [-0.25, -0.2) is 0 Å². The highest BCUT2D eigenvalue weighted by Gasteiger charge is 2.44. The first-order valence-corrected chi connectivity index (χ1v) is 4.73. The Labute approximate surface area is 67.6 Å². The summed E-state index contributed by atoms with van der Waals surface area (Å²) in [6, 6.07) is 0. The van der Waals surface area contributed by atoms with Crippen LogP contribution in [0.25, 0.3) is 0 Å². The molecule has 0 unspecified atom stereocenters. The minimum Gasteiger partial charge on any atom is -0.0533 e. The Balaban J connectivity index is 2.03. The summed E-state index contributed by atoms with van der Waals surface area (Å²) in [6.07, 6.45) is 7.89. The van der Waals surface area contributed by atoms with E-state index >= 15 is 0 Å². The lowest BCUT2D eigenvalue weighted by Crippen LogP contribution is -2.25. The molecule has 0 aromatic carbocycles. The summed E-state index contributed by atoms with van der Waals surface area (Å²) in [4.78, 5) is 11.0. The van der Waals surface area contributed by atoms with Crippen molar-refractivity contribution < 1.29 is 4.76 Å². The van der Waals surface area contributed by atoms with E-state index in [0.29, 0.717) is 5.41 Å². The Morgan fingerprint density at radius 1 is 1.00 bits per heavy atom. The van der Waals surface area contributed by atoms with Crippen molar-refractivity contribution in [2.45, 2.75) is 38.5 Å². The molecule has 2 aliphatic rings. The molecule has 1 heterocycles. The third-order valence-electron chi connectivity index (χ3n) is 3.32. The van der Waals surface area contributed by atoms with E-state index in [1.165, 1.54) is 36.9 Å². The van der Waals surface area contributed by atoms with Crippen LogP contribution in [0.4, 0.5) is 0 Å². The summed E-state index contributed by atoms with van der Waals surface area (Å²) >= 11 is 0. The quantitative estimate of drug-likeness (QED) is 0.489. The zero-order valence-electron chi connectivity index (χ0n) is 7.01. The average Bonchev–Trinajstić information content (AvgIpc) is 2.34. The second kappa shape index (κ2) is 2.58. The first-order valence-electron chi connectivity index (χ1n) is 4.73. The van der Waals surface area contributed by atoms with Crippen LogP contribution >= 0.6 is 0 Å². The fourth-order valence-corrected chi connectivity index (χ4v) is 2.60. The predicted molar refractivity (Wildman–Crippen MR) is 43.5 cm³/mol. The highest BCUT2D eigenvalue weighted by atomic mass is 16.3. The molecule has 2 fully saturated rings. The van der Waals surface area contributed by atoms with Gasteiger partial charge in [-0.1, -0.05) is 19.3 Å². The lowest BCUT2D eigenvalue weighted by atomic mass is 9.74. The molecule has 1 spiro atoms. The summed E-state index contributed by atoms with van der Waals surface area (Å²) in [7, 11) is 0. The van der Waals surface area contributed by atoms with Crippen LogP contribution in [0.3, 0.4) is 0 Å². The summed E-state index contributed by atoms with van der Waals surface area (Å²) in [5.41, 5.74) is 0.458. The van der Waals surface area contributed by atoms with Gasteiger partial charge in [0.25, 0.3) is 0 Å². The third kappa shape index (κ3) is 1.31. The van der Waals surface area contributed by atoms with Crippen LogP contribution < -0.4 is 0 Å². The van der Waals surface area contributed by atoms with E-state index < -0.39 is 0 Å². The van der Waals surface area contributed by atoms with Crippen molar-refractivity contribution in [1.29, 1.82) is 0 Å². The molecule has 1 aliphatic carbocycles. The number of nitroso groups, excluding NO2 is 1. The van der Waals surface area contributed by atoms with E-state index in [1.807, 2.05) is 0 Å². The Morgan fingerprint density at radius 3 is 2.27 bits per heavy atom. The molecule has 1 saturated carbocycles. The molecule has 1 aliphatic heterocycles. The summed E-state index contributed by atoms with van der Waals surface area (Å²) < 4.78 is 1.26.